The molecule has 124 valence electrons. The number of hydrogen-bond donors (Lipinski definition) is 4. The molecular formula is C6H14O12P2Zr. The molecule has 0 aromatic heterocycles. The average Bonchev–Trinajstić information content (AvgIpc) is 2.31. The van der Waals surface area contributed by atoms with Crippen molar-refractivity contribution in [3.63, 3.8) is 0 Å². The molecule has 4 N–H and O–H groups in total. The zero-order valence-electron chi connectivity index (χ0n) is 10.4. The van der Waals surface area contributed by atoms with Crippen LogP contribution >= 0.6 is 15.6 Å². The molecule has 0 saturated carbocycles. The van der Waals surface area contributed by atoms with Crippen LogP contribution in [-0.4, -0.2) is 59.1 Å². The Bertz CT molecular complexity index is 296. The standard InChI is InChI=1S/2C3H9O6P.Zr/c2*4-1-3(5)2-9-10(6,7)8;/h2*3-5H,1-2H2,(H2,6,7,8);/q;;+4/p-4. The third-order valence-corrected chi connectivity index (χ3v) is 2.20. The summed E-state index contributed by atoms with van der Waals surface area (Å²) < 4.78 is 26.7. The van der Waals surface area contributed by atoms with Crippen LogP contribution in [0.15, 0.2) is 0 Å². The summed E-state index contributed by atoms with van der Waals surface area (Å²) in [5, 5.41) is 33.1. The first kappa shape index (κ1) is 26.8. The van der Waals surface area contributed by atoms with Gasteiger partial charge in [-0.05, 0) is 0 Å². The van der Waals surface area contributed by atoms with Gasteiger partial charge in [0.15, 0.2) is 0 Å². The maximum Gasteiger partial charge on any atom is 4.00 e. The van der Waals surface area contributed by atoms with Crippen molar-refractivity contribution >= 4 is 15.6 Å². The maximum absolute atomic E-state index is 9.71. The zero-order chi connectivity index (χ0) is 16.4. The molecule has 12 nitrogen and oxygen atoms in total. The van der Waals surface area contributed by atoms with E-state index < -0.39 is 54.3 Å². The Morgan fingerprint density at radius 3 is 1.19 bits per heavy atom. The summed E-state index contributed by atoms with van der Waals surface area (Å²) in [5.74, 6) is 0. The third-order valence-electron chi connectivity index (χ3n) is 1.27. The van der Waals surface area contributed by atoms with Crippen LogP contribution in [0.5, 0.6) is 0 Å². The van der Waals surface area contributed by atoms with Crippen LogP contribution in [0.1, 0.15) is 0 Å². The van der Waals surface area contributed by atoms with E-state index in [1.807, 2.05) is 0 Å². The van der Waals surface area contributed by atoms with Crippen LogP contribution in [0.25, 0.3) is 0 Å². The van der Waals surface area contributed by atoms with Gasteiger partial charge in [-0.3, -0.25) is 0 Å². The molecular weight excluding hydrogens is 417 g/mol. The Hall–Kier alpha value is 0.943. The van der Waals surface area contributed by atoms with Gasteiger partial charge in [-0.25, -0.2) is 0 Å². The zero-order valence-corrected chi connectivity index (χ0v) is 14.7. The predicted molar refractivity (Wildman–Crippen MR) is 53.3 cm³/mol. The second kappa shape index (κ2) is 13.4. The van der Waals surface area contributed by atoms with E-state index in [-0.39, 0.29) is 26.2 Å². The van der Waals surface area contributed by atoms with E-state index in [9.17, 15) is 28.7 Å². The van der Waals surface area contributed by atoms with Crippen molar-refractivity contribution in [2.45, 2.75) is 12.2 Å². The van der Waals surface area contributed by atoms with E-state index in [2.05, 4.69) is 9.05 Å². The van der Waals surface area contributed by atoms with E-state index >= 15 is 0 Å². The van der Waals surface area contributed by atoms with Gasteiger partial charge in [-0.1, -0.05) is 0 Å². The van der Waals surface area contributed by atoms with Crippen molar-refractivity contribution < 1.29 is 84.4 Å². The van der Waals surface area contributed by atoms with Crippen LogP contribution in [0.2, 0.25) is 0 Å². The fraction of sp³-hybridized carbons (Fsp3) is 1.00. The van der Waals surface area contributed by atoms with Crippen molar-refractivity contribution in [3.05, 3.63) is 0 Å². The molecule has 0 rings (SSSR count). The minimum Gasteiger partial charge on any atom is -0.790 e. The second-order valence-corrected chi connectivity index (χ2v) is 5.46. The van der Waals surface area contributed by atoms with Crippen molar-refractivity contribution in [2.75, 3.05) is 26.4 Å². The van der Waals surface area contributed by atoms with Gasteiger partial charge in [0.2, 0.25) is 0 Å². The molecule has 0 aliphatic carbocycles. The molecule has 0 amide bonds. The van der Waals surface area contributed by atoms with Crippen LogP contribution in [0, 0.1) is 0 Å². The molecule has 0 aliphatic heterocycles. The van der Waals surface area contributed by atoms with Gasteiger partial charge in [0.25, 0.3) is 0 Å². The van der Waals surface area contributed by atoms with E-state index in [0.717, 1.165) is 0 Å². The molecule has 0 aliphatic rings. The number of rotatable bonds is 8. The third kappa shape index (κ3) is 26.2. The first-order valence-corrected chi connectivity index (χ1v) is 7.74. The molecule has 2 atom stereocenters. The monoisotopic (exact) mass is 430 g/mol. The minimum atomic E-state index is -5.00. The topological polar surface area (TPSA) is 226 Å². The minimum absolute atomic E-state index is 0. The van der Waals surface area contributed by atoms with Gasteiger partial charge in [-0.2, -0.15) is 0 Å². The quantitative estimate of drug-likeness (QED) is 0.264. The fourth-order valence-corrected chi connectivity index (χ4v) is 1.17. The molecule has 0 radical (unpaired) electrons. The molecule has 0 aromatic rings. The summed E-state index contributed by atoms with van der Waals surface area (Å²) in [6, 6.07) is 0. The molecule has 0 bridgehead atoms. The number of aliphatic hydroxyl groups excluding tert-OH is 4. The van der Waals surface area contributed by atoms with Gasteiger partial charge in [0, 0.05) is 0 Å². The Morgan fingerprint density at radius 1 is 0.810 bits per heavy atom. The Kier molecular flexibility index (Phi) is 17.1. The van der Waals surface area contributed by atoms with Crippen LogP contribution < -0.4 is 19.6 Å². The summed E-state index contributed by atoms with van der Waals surface area (Å²) in [5.41, 5.74) is 0. The largest absolute Gasteiger partial charge is 4.00 e. The van der Waals surface area contributed by atoms with E-state index in [1.165, 1.54) is 0 Å². The van der Waals surface area contributed by atoms with E-state index in [1.54, 1.807) is 0 Å². The molecule has 0 fully saturated rings. The molecule has 21 heavy (non-hydrogen) atoms. The molecule has 0 aromatic carbocycles. The average molecular weight is 431 g/mol. The normalized spacial score (nSPS) is 14.5. The Morgan fingerprint density at radius 2 is 1.05 bits per heavy atom. The van der Waals surface area contributed by atoms with Crippen LogP contribution in [0.3, 0.4) is 0 Å². The summed E-state index contributed by atoms with van der Waals surface area (Å²) in [6.45, 7) is -2.67. The van der Waals surface area contributed by atoms with Crippen molar-refractivity contribution in [3.8, 4) is 0 Å². The van der Waals surface area contributed by atoms with Crippen molar-refractivity contribution in [1.29, 1.82) is 0 Å². The second-order valence-electron chi connectivity index (χ2n) is 3.16. The predicted octanol–water partition coefficient (Wildman–Crippen LogP) is -5.63. The molecule has 2 unspecified atom stereocenters. The van der Waals surface area contributed by atoms with Crippen molar-refractivity contribution in [2.24, 2.45) is 0 Å². The SMILES string of the molecule is O=P([O-])([O-])OCC(O)CO.O=P([O-])([O-])OCC(O)CO.[Zr+4]. The molecule has 0 spiro atoms. The van der Waals surface area contributed by atoms with Gasteiger partial charge in [0.05, 0.1) is 42.1 Å². The Balaban J connectivity index is -0.000000295. The van der Waals surface area contributed by atoms with E-state index in [0.29, 0.717) is 0 Å². The van der Waals surface area contributed by atoms with Gasteiger partial charge >= 0.3 is 26.2 Å². The van der Waals surface area contributed by atoms with Crippen LogP contribution in [0.4, 0.5) is 0 Å². The maximum atomic E-state index is 9.71. The van der Waals surface area contributed by atoms with Gasteiger partial charge < -0.3 is 58.2 Å². The Labute approximate surface area is 138 Å². The van der Waals surface area contributed by atoms with Gasteiger partial charge in [0.1, 0.15) is 12.2 Å². The first-order valence-electron chi connectivity index (χ1n) is 4.82. The first-order chi connectivity index (χ1) is 8.91. The summed E-state index contributed by atoms with van der Waals surface area (Å²) in [4.78, 5) is 38.8. The van der Waals surface area contributed by atoms with Crippen LogP contribution in [-0.2, 0) is 44.4 Å². The van der Waals surface area contributed by atoms with E-state index in [4.69, 9.17) is 20.4 Å². The van der Waals surface area contributed by atoms with Crippen molar-refractivity contribution in [1.82, 2.24) is 0 Å². The summed E-state index contributed by atoms with van der Waals surface area (Å²) in [7, 11) is -10.0. The molecule has 0 saturated heterocycles. The molecule has 15 heteroatoms. The number of hydrogen-bond acceptors (Lipinski definition) is 12. The number of phosphoric ester groups is 2. The van der Waals surface area contributed by atoms with Gasteiger partial charge in [-0.15, -0.1) is 0 Å². The summed E-state index contributed by atoms with van der Waals surface area (Å²) in [6.07, 6.45) is -2.65. The number of phosphoric acid groups is 2. The fourth-order valence-electron chi connectivity index (χ4n) is 0.460. The molecule has 0 heterocycles. The number of aliphatic hydroxyl groups is 4. The smallest absolute Gasteiger partial charge is 0.790 e. The summed E-state index contributed by atoms with van der Waals surface area (Å²) >= 11 is 0.